The average Bonchev–Trinajstić information content (AvgIpc) is 3.07. The highest BCUT2D eigenvalue weighted by Crippen LogP contribution is 2.28. The Kier molecular flexibility index (Phi) is 6.75. The van der Waals surface area contributed by atoms with Gasteiger partial charge < -0.3 is 15.2 Å². The van der Waals surface area contributed by atoms with E-state index in [1.807, 2.05) is 30.3 Å². The van der Waals surface area contributed by atoms with Crippen LogP contribution in [0.1, 0.15) is 32.1 Å². The number of rotatable bonds is 8. The molecule has 5 nitrogen and oxygen atoms in total. The zero-order chi connectivity index (χ0) is 16.6. The maximum absolute atomic E-state index is 10.0. The van der Waals surface area contributed by atoms with Crippen LogP contribution >= 0.6 is 23.1 Å². The number of hydrogen-bond donors (Lipinski definition) is 2. The van der Waals surface area contributed by atoms with Crippen LogP contribution in [0.25, 0.3) is 0 Å². The van der Waals surface area contributed by atoms with E-state index < -0.39 is 6.10 Å². The lowest BCUT2D eigenvalue weighted by atomic mass is 9.96. The van der Waals surface area contributed by atoms with Crippen LogP contribution in [-0.2, 0) is 0 Å². The molecule has 1 aliphatic rings. The standard InChI is InChI=1S/C17H23N3O2S2/c21-14(11-22-15-9-5-2-6-10-15)12-23-17-20-19-16(24-17)18-13-7-3-1-4-8-13/h2,5-6,9-10,13-14,21H,1,3-4,7-8,11-12H2,(H,18,19). The van der Waals surface area contributed by atoms with Gasteiger partial charge >= 0.3 is 0 Å². The van der Waals surface area contributed by atoms with Gasteiger partial charge in [-0.25, -0.2) is 0 Å². The second-order valence-corrected chi connectivity index (χ2v) is 8.19. The summed E-state index contributed by atoms with van der Waals surface area (Å²) in [6.07, 6.45) is 5.85. The minimum atomic E-state index is -0.533. The molecule has 1 heterocycles. The number of nitrogens with zero attached hydrogens (tertiary/aromatic N) is 2. The summed E-state index contributed by atoms with van der Waals surface area (Å²) in [6.45, 7) is 0.281. The van der Waals surface area contributed by atoms with E-state index in [1.54, 1.807) is 11.3 Å². The molecule has 1 unspecified atom stereocenters. The number of nitrogens with one attached hydrogen (secondary N) is 1. The summed E-state index contributed by atoms with van der Waals surface area (Å²) in [5.41, 5.74) is 0. The van der Waals surface area contributed by atoms with Crippen LogP contribution in [0.2, 0.25) is 0 Å². The summed E-state index contributed by atoms with van der Waals surface area (Å²) in [7, 11) is 0. The number of anilines is 1. The first-order valence-electron chi connectivity index (χ1n) is 8.38. The van der Waals surface area contributed by atoms with Crippen molar-refractivity contribution < 1.29 is 9.84 Å². The van der Waals surface area contributed by atoms with Crippen LogP contribution in [0.3, 0.4) is 0 Å². The van der Waals surface area contributed by atoms with E-state index in [0.717, 1.165) is 15.2 Å². The molecule has 24 heavy (non-hydrogen) atoms. The van der Waals surface area contributed by atoms with Crippen molar-refractivity contribution in [2.24, 2.45) is 0 Å². The van der Waals surface area contributed by atoms with Gasteiger partial charge in [0, 0.05) is 11.8 Å². The van der Waals surface area contributed by atoms with Crippen molar-refractivity contribution in [3.05, 3.63) is 30.3 Å². The Morgan fingerprint density at radius 3 is 2.79 bits per heavy atom. The summed E-state index contributed by atoms with van der Waals surface area (Å²) in [5, 5.41) is 22.8. The zero-order valence-corrected chi connectivity index (χ0v) is 15.2. The van der Waals surface area contributed by atoms with Crippen LogP contribution in [0.5, 0.6) is 5.75 Å². The summed E-state index contributed by atoms with van der Waals surface area (Å²) in [5.74, 6) is 1.32. The quantitative estimate of drug-likeness (QED) is 0.693. The molecule has 1 atom stereocenters. The smallest absolute Gasteiger partial charge is 0.206 e. The maximum atomic E-state index is 10.0. The lowest BCUT2D eigenvalue weighted by Crippen LogP contribution is -2.21. The Morgan fingerprint density at radius 1 is 1.21 bits per heavy atom. The van der Waals surface area contributed by atoms with Crippen LogP contribution in [-0.4, -0.2) is 39.8 Å². The first-order valence-corrected chi connectivity index (χ1v) is 10.2. The molecule has 0 bridgehead atoms. The van der Waals surface area contributed by atoms with Crippen molar-refractivity contribution in [2.75, 3.05) is 17.7 Å². The van der Waals surface area contributed by atoms with E-state index in [-0.39, 0.29) is 6.61 Å². The third kappa shape index (κ3) is 5.65. The first-order chi connectivity index (χ1) is 11.8. The van der Waals surface area contributed by atoms with Crippen molar-refractivity contribution in [1.82, 2.24) is 10.2 Å². The predicted octanol–water partition coefficient (Wildman–Crippen LogP) is 3.81. The summed E-state index contributed by atoms with van der Waals surface area (Å²) in [6, 6.07) is 10.1. The van der Waals surface area contributed by atoms with E-state index in [4.69, 9.17) is 4.74 Å². The summed E-state index contributed by atoms with van der Waals surface area (Å²) >= 11 is 3.08. The Hall–Kier alpha value is -1.31. The van der Waals surface area contributed by atoms with E-state index >= 15 is 0 Å². The van der Waals surface area contributed by atoms with Gasteiger partial charge in [-0.15, -0.1) is 10.2 Å². The number of para-hydroxylation sites is 1. The summed E-state index contributed by atoms with van der Waals surface area (Å²) < 4.78 is 6.44. The van der Waals surface area contributed by atoms with Crippen LogP contribution < -0.4 is 10.1 Å². The number of ether oxygens (including phenoxy) is 1. The monoisotopic (exact) mass is 365 g/mol. The molecule has 2 N–H and O–H groups in total. The number of aromatic nitrogens is 2. The minimum Gasteiger partial charge on any atom is -0.491 e. The van der Waals surface area contributed by atoms with Crippen molar-refractivity contribution in [3.8, 4) is 5.75 Å². The zero-order valence-electron chi connectivity index (χ0n) is 13.6. The third-order valence-electron chi connectivity index (χ3n) is 3.92. The Balaban J connectivity index is 1.38. The van der Waals surface area contributed by atoms with Gasteiger partial charge in [0.15, 0.2) is 4.34 Å². The molecule has 0 saturated heterocycles. The molecule has 1 fully saturated rings. The molecule has 1 aromatic carbocycles. The number of thioether (sulfide) groups is 1. The predicted molar refractivity (Wildman–Crippen MR) is 99.1 cm³/mol. The topological polar surface area (TPSA) is 67.3 Å². The molecule has 1 saturated carbocycles. The third-order valence-corrected chi connectivity index (χ3v) is 6.06. The number of aliphatic hydroxyl groups excluding tert-OH is 1. The molecule has 1 aromatic heterocycles. The van der Waals surface area contributed by atoms with Crippen LogP contribution in [0.4, 0.5) is 5.13 Å². The highest BCUT2D eigenvalue weighted by molar-refractivity contribution is 8.01. The first kappa shape index (κ1) is 17.5. The molecule has 7 heteroatoms. The molecular weight excluding hydrogens is 342 g/mol. The van der Waals surface area contributed by atoms with E-state index in [0.29, 0.717) is 11.8 Å². The fourth-order valence-corrected chi connectivity index (χ4v) is 4.43. The minimum absolute atomic E-state index is 0.281. The van der Waals surface area contributed by atoms with Crippen molar-refractivity contribution >= 4 is 28.2 Å². The van der Waals surface area contributed by atoms with Crippen LogP contribution in [0.15, 0.2) is 34.7 Å². The normalized spacial score (nSPS) is 16.7. The molecule has 0 aliphatic heterocycles. The largest absolute Gasteiger partial charge is 0.491 e. The van der Waals surface area contributed by atoms with Crippen LogP contribution in [0, 0.1) is 0 Å². The molecule has 130 valence electrons. The average molecular weight is 366 g/mol. The van der Waals surface area contributed by atoms with Gasteiger partial charge in [0.2, 0.25) is 5.13 Å². The fraction of sp³-hybridized carbons (Fsp3) is 0.529. The van der Waals surface area contributed by atoms with Gasteiger partial charge in [-0.3, -0.25) is 0 Å². The Bertz CT molecular complexity index is 603. The second kappa shape index (κ2) is 9.25. The maximum Gasteiger partial charge on any atom is 0.206 e. The lowest BCUT2D eigenvalue weighted by molar-refractivity contribution is 0.126. The van der Waals surface area contributed by atoms with Gasteiger partial charge in [0.1, 0.15) is 12.4 Å². The molecule has 0 amide bonds. The van der Waals surface area contributed by atoms with E-state index in [2.05, 4.69) is 15.5 Å². The second-order valence-electron chi connectivity index (χ2n) is 5.94. The Labute approximate surface area is 150 Å². The van der Waals surface area contributed by atoms with Gasteiger partial charge in [-0.1, -0.05) is 60.6 Å². The van der Waals surface area contributed by atoms with Gasteiger partial charge in [0.25, 0.3) is 0 Å². The SMILES string of the molecule is OC(COc1ccccc1)CSc1nnc(NC2CCCCC2)s1. The molecule has 1 aliphatic carbocycles. The molecule has 2 aromatic rings. The van der Waals surface area contributed by atoms with Gasteiger partial charge in [-0.05, 0) is 25.0 Å². The number of aliphatic hydroxyl groups is 1. The molecular formula is C17H23N3O2S2. The highest BCUT2D eigenvalue weighted by Gasteiger charge is 2.15. The van der Waals surface area contributed by atoms with Gasteiger partial charge in [0.05, 0.1) is 6.10 Å². The van der Waals surface area contributed by atoms with Crippen molar-refractivity contribution in [1.29, 1.82) is 0 Å². The summed E-state index contributed by atoms with van der Waals surface area (Å²) in [4.78, 5) is 0. The van der Waals surface area contributed by atoms with Gasteiger partial charge in [-0.2, -0.15) is 0 Å². The molecule has 0 radical (unpaired) electrons. The number of benzene rings is 1. The van der Waals surface area contributed by atoms with Crippen molar-refractivity contribution in [3.63, 3.8) is 0 Å². The van der Waals surface area contributed by atoms with E-state index in [9.17, 15) is 5.11 Å². The van der Waals surface area contributed by atoms with E-state index in [1.165, 1.54) is 43.9 Å². The van der Waals surface area contributed by atoms with Crippen molar-refractivity contribution in [2.45, 2.75) is 48.6 Å². The fourth-order valence-electron chi connectivity index (χ4n) is 2.67. The highest BCUT2D eigenvalue weighted by atomic mass is 32.2. The molecule has 3 rings (SSSR count). The Morgan fingerprint density at radius 2 is 2.00 bits per heavy atom. The lowest BCUT2D eigenvalue weighted by Gasteiger charge is -2.21. The number of hydrogen-bond acceptors (Lipinski definition) is 7. The molecule has 0 spiro atoms.